The van der Waals surface area contributed by atoms with Crippen LogP contribution in [0.3, 0.4) is 0 Å². The molecular weight excluding hydrogens is 238 g/mol. The number of rotatable bonds is 3. The number of hydrogen-bond acceptors (Lipinski definition) is 3. The number of ether oxygens (including phenoxy) is 1. The van der Waals surface area contributed by atoms with Crippen LogP contribution in [0.2, 0.25) is 0 Å². The Bertz CT molecular complexity index is 723. The van der Waals surface area contributed by atoms with Crippen molar-refractivity contribution < 1.29 is 9.53 Å². The molecule has 0 saturated heterocycles. The van der Waals surface area contributed by atoms with Crippen LogP contribution in [0.5, 0.6) is 5.75 Å². The summed E-state index contributed by atoms with van der Waals surface area (Å²) in [6.07, 6.45) is 3.53. The summed E-state index contributed by atoms with van der Waals surface area (Å²) in [5.41, 5.74) is 2.18. The summed E-state index contributed by atoms with van der Waals surface area (Å²) < 4.78 is 5.02. The summed E-state index contributed by atoms with van der Waals surface area (Å²) in [5.74, 6) is 0.573. The standard InChI is InChI=1S/C16H11NO2/c18-11-19-16-6-2-4-14-13(3-1-5-15(14)16)12-7-9-17-10-8-12/h1-11H. The first kappa shape index (κ1) is 11.4. The molecule has 0 aliphatic rings. The molecule has 2 aromatic carbocycles. The van der Waals surface area contributed by atoms with E-state index in [4.69, 9.17) is 4.74 Å². The van der Waals surface area contributed by atoms with Crippen LogP contribution in [-0.2, 0) is 4.79 Å². The Morgan fingerprint density at radius 2 is 1.63 bits per heavy atom. The Labute approximate surface area is 110 Å². The number of benzene rings is 2. The highest BCUT2D eigenvalue weighted by Crippen LogP contribution is 2.33. The number of aromatic nitrogens is 1. The van der Waals surface area contributed by atoms with Crippen molar-refractivity contribution in [1.29, 1.82) is 0 Å². The summed E-state index contributed by atoms with van der Waals surface area (Å²) in [6, 6.07) is 15.5. The van der Waals surface area contributed by atoms with Gasteiger partial charge in [-0.05, 0) is 34.7 Å². The summed E-state index contributed by atoms with van der Waals surface area (Å²) in [5, 5.41) is 1.97. The molecule has 0 unspecified atom stereocenters. The molecule has 3 aromatic rings. The molecule has 1 heterocycles. The molecular formula is C16H11NO2. The number of carbonyl (C=O) groups is 1. The van der Waals surface area contributed by atoms with E-state index in [-0.39, 0.29) is 0 Å². The van der Waals surface area contributed by atoms with Gasteiger partial charge in [0.05, 0.1) is 0 Å². The van der Waals surface area contributed by atoms with Crippen LogP contribution in [-0.4, -0.2) is 11.5 Å². The van der Waals surface area contributed by atoms with Crippen molar-refractivity contribution in [2.24, 2.45) is 0 Å². The van der Waals surface area contributed by atoms with Crippen molar-refractivity contribution in [2.75, 3.05) is 0 Å². The fourth-order valence-electron chi connectivity index (χ4n) is 2.22. The van der Waals surface area contributed by atoms with Gasteiger partial charge < -0.3 is 4.74 Å². The van der Waals surface area contributed by atoms with E-state index in [2.05, 4.69) is 4.98 Å². The van der Waals surface area contributed by atoms with E-state index in [9.17, 15) is 4.79 Å². The van der Waals surface area contributed by atoms with Crippen molar-refractivity contribution >= 4 is 17.2 Å². The Balaban J connectivity index is 2.27. The molecule has 0 aliphatic carbocycles. The highest BCUT2D eigenvalue weighted by molar-refractivity contribution is 6.00. The summed E-state index contributed by atoms with van der Waals surface area (Å²) in [6.45, 7) is 0.452. The van der Waals surface area contributed by atoms with Crippen LogP contribution in [0.4, 0.5) is 0 Å². The van der Waals surface area contributed by atoms with Gasteiger partial charge in [-0.15, -0.1) is 0 Å². The minimum absolute atomic E-state index is 0.452. The number of pyridine rings is 1. The van der Waals surface area contributed by atoms with Crippen molar-refractivity contribution in [1.82, 2.24) is 4.98 Å². The molecule has 92 valence electrons. The smallest absolute Gasteiger partial charge is 0.298 e. The van der Waals surface area contributed by atoms with Crippen molar-refractivity contribution in [3.05, 3.63) is 60.9 Å². The highest BCUT2D eigenvalue weighted by atomic mass is 16.5. The summed E-state index contributed by atoms with van der Waals surface area (Å²) in [7, 11) is 0. The average Bonchev–Trinajstić information content (AvgIpc) is 2.48. The maximum atomic E-state index is 10.5. The largest absolute Gasteiger partial charge is 0.428 e. The molecule has 0 atom stereocenters. The molecule has 0 saturated carbocycles. The minimum Gasteiger partial charge on any atom is -0.428 e. The third kappa shape index (κ3) is 2.06. The molecule has 0 N–H and O–H groups in total. The summed E-state index contributed by atoms with van der Waals surface area (Å²) in [4.78, 5) is 14.6. The normalized spacial score (nSPS) is 10.3. The molecule has 0 bridgehead atoms. The van der Waals surface area contributed by atoms with Gasteiger partial charge in [0.25, 0.3) is 6.47 Å². The second kappa shape index (κ2) is 4.90. The lowest BCUT2D eigenvalue weighted by Crippen LogP contribution is -1.90. The van der Waals surface area contributed by atoms with E-state index in [0.29, 0.717) is 12.2 Å². The van der Waals surface area contributed by atoms with Crippen molar-refractivity contribution in [2.45, 2.75) is 0 Å². The average molecular weight is 249 g/mol. The Kier molecular flexibility index (Phi) is 2.94. The van der Waals surface area contributed by atoms with E-state index in [0.717, 1.165) is 21.9 Å². The first-order chi connectivity index (χ1) is 9.40. The van der Waals surface area contributed by atoms with Gasteiger partial charge in [0.15, 0.2) is 0 Å². The second-order valence-corrected chi connectivity index (χ2v) is 4.11. The van der Waals surface area contributed by atoms with E-state index in [1.165, 1.54) is 0 Å². The fraction of sp³-hybridized carbons (Fsp3) is 0. The van der Waals surface area contributed by atoms with E-state index in [1.54, 1.807) is 18.5 Å². The van der Waals surface area contributed by atoms with Gasteiger partial charge in [-0.3, -0.25) is 9.78 Å². The second-order valence-electron chi connectivity index (χ2n) is 4.11. The zero-order chi connectivity index (χ0) is 13.1. The molecule has 1 aromatic heterocycles. The maximum Gasteiger partial charge on any atom is 0.298 e. The van der Waals surface area contributed by atoms with Crippen LogP contribution >= 0.6 is 0 Å². The first-order valence-electron chi connectivity index (χ1n) is 5.92. The van der Waals surface area contributed by atoms with Gasteiger partial charge in [-0.25, -0.2) is 0 Å². The van der Waals surface area contributed by atoms with Crippen LogP contribution in [0.25, 0.3) is 21.9 Å². The molecule has 19 heavy (non-hydrogen) atoms. The number of carbonyl (C=O) groups excluding carboxylic acids is 1. The third-order valence-corrected chi connectivity index (χ3v) is 3.05. The first-order valence-corrected chi connectivity index (χ1v) is 5.92. The molecule has 0 amide bonds. The van der Waals surface area contributed by atoms with Crippen molar-refractivity contribution in [3.63, 3.8) is 0 Å². The fourth-order valence-corrected chi connectivity index (χ4v) is 2.22. The van der Waals surface area contributed by atoms with Crippen LogP contribution < -0.4 is 4.74 Å². The minimum atomic E-state index is 0.452. The predicted octanol–water partition coefficient (Wildman–Crippen LogP) is 3.44. The van der Waals surface area contributed by atoms with Gasteiger partial charge in [0.2, 0.25) is 0 Å². The lowest BCUT2D eigenvalue weighted by molar-refractivity contribution is -0.120. The lowest BCUT2D eigenvalue weighted by Gasteiger charge is -2.09. The number of hydrogen-bond donors (Lipinski definition) is 0. The quantitative estimate of drug-likeness (QED) is 0.667. The molecule has 3 nitrogen and oxygen atoms in total. The highest BCUT2D eigenvalue weighted by Gasteiger charge is 2.07. The van der Waals surface area contributed by atoms with Crippen LogP contribution in [0.1, 0.15) is 0 Å². The topological polar surface area (TPSA) is 39.2 Å². The van der Waals surface area contributed by atoms with E-state index in [1.807, 2.05) is 42.5 Å². The Morgan fingerprint density at radius 1 is 0.895 bits per heavy atom. The van der Waals surface area contributed by atoms with E-state index >= 15 is 0 Å². The SMILES string of the molecule is O=COc1cccc2c(-c3ccncc3)cccc12. The Morgan fingerprint density at radius 3 is 2.42 bits per heavy atom. The molecule has 0 spiro atoms. The predicted molar refractivity (Wildman–Crippen MR) is 73.9 cm³/mol. The third-order valence-electron chi connectivity index (χ3n) is 3.05. The zero-order valence-corrected chi connectivity index (χ0v) is 10.1. The van der Waals surface area contributed by atoms with Gasteiger partial charge in [0, 0.05) is 17.8 Å². The molecule has 0 radical (unpaired) electrons. The molecule has 3 rings (SSSR count). The van der Waals surface area contributed by atoms with Gasteiger partial charge in [0.1, 0.15) is 5.75 Å². The molecule has 0 fully saturated rings. The van der Waals surface area contributed by atoms with Crippen LogP contribution in [0, 0.1) is 0 Å². The number of nitrogens with zero attached hydrogens (tertiary/aromatic N) is 1. The molecule has 3 heteroatoms. The van der Waals surface area contributed by atoms with Gasteiger partial charge >= 0.3 is 0 Å². The van der Waals surface area contributed by atoms with Crippen molar-refractivity contribution in [3.8, 4) is 16.9 Å². The van der Waals surface area contributed by atoms with Gasteiger partial charge in [-0.2, -0.15) is 0 Å². The monoisotopic (exact) mass is 249 g/mol. The summed E-state index contributed by atoms with van der Waals surface area (Å²) >= 11 is 0. The number of fused-ring (bicyclic) bond motifs is 1. The Hall–Kier alpha value is -2.68. The maximum absolute atomic E-state index is 10.5. The van der Waals surface area contributed by atoms with E-state index < -0.39 is 0 Å². The lowest BCUT2D eigenvalue weighted by atomic mass is 9.99. The zero-order valence-electron chi connectivity index (χ0n) is 10.1. The van der Waals surface area contributed by atoms with Crippen LogP contribution in [0.15, 0.2) is 60.9 Å². The molecule has 0 aliphatic heterocycles. The van der Waals surface area contributed by atoms with Gasteiger partial charge in [-0.1, -0.05) is 30.3 Å².